The van der Waals surface area contributed by atoms with Gasteiger partial charge in [-0.05, 0) is 55.3 Å². The van der Waals surface area contributed by atoms with Crippen molar-refractivity contribution in [3.63, 3.8) is 0 Å². The number of sulfonamides is 1. The molecule has 3 aromatic carbocycles. The molecule has 0 saturated heterocycles. The molecule has 0 aliphatic carbocycles. The maximum absolute atomic E-state index is 13.8. The van der Waals surface area contributed by atoms with Crippen molar-refractivity contribution in [3.05, 3.63) is 90.5 Å². The van der Waals surface area contributed by atoms with Gasteiger partial charge in [0, 0.05) is 13.1 Å². The summed E-state index contributed by atoms with van der Waals surface area (Å²) >= 11 is 0. The van der Waals surface area contributed by atoms with Crippen molar-refractivity contribution in [2.45, 2.75) is 44.2 Å². The number of benzene rings is 3. The van der Waals surface area contributed by atoms with E-state index in [2.05, 4.69) is 5.32 Å². The summed E-state index contributed by atoms with van der Waals surface area (Å²) in [4.78, 5) is 28.2. The molecule has 0 spiro atoms. The lowest BCUT2D eigenvalue weighted by atomic mass is 10.1. The minimum atomic E-state index is -4.11. The normalized spacial score (nSPS) is 11.9. The van der Waals surface area contributed by atoms with E-state index in [1.165, 1.54) is 24.1 Å². The van der Waals surface area contributed by atoms with Crippen LogP contribution in [0.1, 0.15) is 32.3 Å². The summed E-state index contributed by atoms with van der Waals surface area (Å²) in [6.45, 7) is 3.88. The zero-order chi connectivity index (χ0) is 27.5. The van der Waals surface area contributed by atoms with Crippen LogP contribution in [-0.2, 0) is 26.2 Å². The Bertz CT molecular complexity index is 1280. The quantitative estimate of drug-likeness (QED) is 0.329. The van der Waals surface area contributed by atoms with Crippen molar-refractivity contribution >= 4 is 27.5 Å². The Morgan fingerprint density at radius 3 is 2.11 bits per heavy atom. The van der Waals surface area contributed by atoms with E-state index >= 15 is 0 Å². The average Bonchev–Trinajstić information content (AvgIpc) is 2.95. The molecule has 3 aromatic rings. The lowest BCUT2D eigenvalue weighted by Crippen LogP contribution is -2.51. The van der Waals surface area contributed by atoms with Crippen LogP contribution in [0, 0.1) is 0 Å². The van der Waals surface area contributed by atoms with Gasteiger partial charge in [-0.15, -0.1) is 0 Å². The summed E-state index contributed by atoms with van der Waals surface area (Å²) in [7, 11) is -2.61. The molecular weight excluding hydrogens is 502 g/mol. The molecule has 202 valence electrons. The molecule has 3 rings (SSSR count). The number of unbranched alkanes of at least 4 members (excludes halogenated alkanes) is 1. The number of nitrogens with one attached hydrogen (secondary N) is 1. The molecule has 8 nitrogen and oxygen atoms in total. The topological polar surface area (TPSA) is 96.0 Å². The number of carbonyl (C=O) groups excluding carboxylic acids is 2. The van der Waals surface area contributed by atoms with Crippen molar-refractivity contribution < 1.29 is 22.7 Å². The minimum Gasteiger partial charge on any atom is -0.497 e. The molecule has 2 amide bonds. The largest absolute Gasteiger partial charge is 0.497 e. The van der Waals surface area contributed by atoms with Crippen LogP contribution >= 0.6 is 0 Å². The number of rotatable bonds is 13. The summed E-state index contributed by atoms with van der Waals surface area (Å²) in [6, 6.07) is 23.0. The Hall–Kier alpha value is -3.85. The standard InChI is InChI=1S/C29H35N3O5S/c1-4-5-20-30-29(34)23(2)31(21-24-12-8-6-9-13-24)28(33)22-32(25-14-10-7-11-15-25)38(35,36)27-18-16-26(37-3)17-19-27/h6-19,23H,4-5,20-22H2,1-3H3,(H,30,34)/t23-/m1/s1. The first-order chi connectivity index (χ1) is 18.3. The van der Waals surface area contributed by atoms with Gasteiger partial charge in [-0.1, -0.05) is 61.9 Å². The number of amides is 2. The fourth-order valence-electron chi connectivity index (χ4n) is 3.90. The highest BCUT2D eigenvalue weighted by atomic mass is 32.2. The van der Waals surface area contributed by atoms with Gasteiger partial charge < -0.3 is 15.0 Å². The first-order valence-corrected chi connectivity index (χ1v) is 14.0. The zero-order valence-electron chi connectivity index (χ0n) is 22.0. The average molecular weight is 538 g/mol. The first kappa shape index (κ1) is 28.7. The first-order valence-electron chi connectivity index (χ1n) is 12.6. The van der Waals surface area contributed by atoms with Gasteiger partial charge in [0.15, 0.2) is 0 Å². The predicted molar refractivity (Wildman–Crippen MR) is 148 cm³/mol. The summed E-state index contributed by atoms with van der Waals surface area (Å²) in [5.41, 5.74) is 1.18. The van der Waals surface area contributed by atoms with Gasteiger partial charge >= 0.3 is 0 Å². The third-order valence-corrected chi connectivity index (χ3v) is 7.95. The molecule has 0 aliphatic rings. The SMILES string of the molecule is CCCCNC(=O)[C@@H](C)N(Cc1ccccc1)C(=O)CN(c1ccccc1)S(=O)(=O)c1ccc(OC)cc1. The molecule has 0 aliphatic heterocycles. The fourth-order valence-corrected chi connectivity index (χ4v) is 5.31. The monoisotopic (exact) mass is 537 g/mol. The highest BCUT2D eigenvalue weighted by Crippen LogP contribution is 2.25. The lowest BCUT2D eigenvalue weighted by Gasteiger charge is -2.32. The van der Waals surface area contributed by atoms with E-state index in [0.29, 0.717) is 18.0 Å². The third-order valence-electron chi connectivity index (χ3n) is 6.16. The fraction of sp³-hybridized carbons (Fsp3) is 0.310. The van der Waals surface area contributed by atoms with Crippen molar-refractivity contribution in [3.8, 4) is 5.75 Å². The van der Waals surface area contributed by atoms with Gasteiger partial charge in [0.2, 0.25) is 11.8 Å². The summed E-state index contributed by atoms with van der Waals surface area (Å²) in [6.07, 6.45) is 1.75. The van der Waals surface area contributed by atoms with E-state index in [1.807, 2.05) is 37.3 Å². The second-order valence-electron chi connectivity index (χ2n) is 8.85. The van der Waals surface area contributed by atoms with E-state index < -0.39 is 28.5 Å². The Labute approximate surface area is 225 Å². The zero-order valence-corrected chi connectivity index (χ0v) is 22.9. The van der Waals surface area contributed by atoms with Crippen molar-refractivity contribution in [2.75, 3.05) is 24.5 Å². The molecule has 1 N–H and O–H groups in total. The number of hydrogen-bond acceptors (Lipinski definition) is 5. The Morgan fingerprint density at radius 2 is 1.53 bits per heavy atom. The van der Waals surface area contributed by atoms with Crippen molar-refractivity contribution in [1.29, 1.82) is 0 Å². The van der Waals surface area contributed by atoms with Crippen LogP contribution in [0.2, 0.25) is 0 Å². The molecule has 0 aromatic heterocycles. The number of hydrogen-bond donors (Lipinski definition) is 1. The van der Waals surface area contributed by atoms with E-state index in [9.17, 15) is 18.0 Å². The molecule has 0 bridgehead atoms. The van der Waals surface area contributed by atoms with Crippen LogP contribution in [0.25, 0.3) is 0 Å². The van der Waals surface area contributed by atoms with E-state index in [1.54, 1.807) is 49.4 Å². The molecule has 0 radical (unpaired) electrons. The van der Waals surface area contributed by atoms with Gasteiger partial charge in [0.05, 0.1) is 17.7 Å². The molecule has 1 atom stereocenters. The molecule has 38 heavy (non-hydrogen) atoms. The Kier molecular flexibility index (Phi) is 10.3. The van der Waals surface area contributed by atoms with E-state index in [4.69, 9.17) is 4.74 Å². The highest BCUT2D eigenvalue weighted by molar-refractivity contribution is 7.92. The highest BCUT2D eigenvalue weighted by Gasteiger charge is 2.32. The summed E-state index contributed by atoms with van der Waals surface area (Å²) in [5.74, 6) is -0.261. The van der Waals surface area contributed by atoms with Crippen LogP contribution < -0.4 is 14.4 Å². The summed E-state index contributed by atoms with van der Waals surface area (Å²) < 4.78 is 33.8. The predicted octanol–water partition coefficient (Wildman–Crippen LogP) is 4.22. The molecule has 0 fully saturated rings. The Balaban J connectivity index is 1.95. The number of anilines is 1. The Morgan fingerprint density at radius 1 is 0.921 bits per heavy atom. The number of methoxy groups -OCH3 is 1. The molecule has 0 heterocycles. The molecule has 0 unspecified atom stereocenters. The minimum absolute atomic E-state index is 0.0231. The van der Waals surface area contributed by atoms with Crippen molar-refractivity contribution in [1.82, 2.24) is 10.2 Å². The number of ether oxygens (including phenoxy) is 1. The smallest absolute Gasteiger partial charge is 0.264 e. The number of para-hydroxylation sites is 1. The maximum Gasteiger partial charge on any atom is 0.264 e. The second-order valence-corrected chi connectivity index (χ2v) is 10.7. The molecular formula is C29H35N3O5S. The third kappa shape index (κ3) is 7.35. The molecule has 0 saturated carbocycles. The number of nitrogens with zero attached hydrogens (tertiary/aromatic N) is 2. The summed E-state index contributed by atoms with van der Waals surface area (Å²) in [5, 5.41) is 2.88. The van der Waals surface area contributed by atoms with Gasteiger partial charge in [-0.3, -0.25) is 13.9 Å². The van der Waals surface area contributed by atoms with Crippen LogP contribution in [0.3, 0.4) is 0 Å². The van der Waals surface area contributed by atoms with Crippen LogP contribution in [0.4, 0.5) is 5.69 Å². The van der Waals surface area contributed by atoms with Gasteiger partial charge in [-0.25, -0.2) is 8.42 Å². The van der Waals surface area contributed by atoms with Crippen molar-refractivity contribution in [2.24, 2.45) is 0 Å². The molecule has 9 heteroatoms. The lowest BCUT2D eigenvalue weighted by molar-refractivity contribution is -0.139. The van der Waals surface area contributed by atoms with E-state index in [-0.39, 0.29) is 17.3 Å². The maximum atomic E-state index is 13.8. The van der Waals surface area contributed by atoms with E-state index in [0.717, 1.165) is 22.7 Å². The van der Waals surface area contributed by atoms with Gasteiger partial charge in [0.25, 0.3) is 10.0 Å². The number of carbonyl (C=O) groups is 2. The van der Waals surface area contributed by atoms with Crippen LogP contribution in [0.15, 0.2) is 89.8 Å². The van der Waals surface area contributed by atoms with Gasteiger partial charge in [-0.2, -0.15) is 0 Å². The van der Waals surface area contributed by atoms with Gasteiger partial charge in [0.1, 0.15) is 18.3 Å². The second kappa shape index (κ2) is 13.6. The van der Waals surface area contributed by atoms with Crippen LogP contribution in [0.5, 0.6) is 5.75 Å². The van der Waals surface area contributed by atoms with Crippen LogP contribution in [-0.4, -0.2) is 51.4 Å².